The van der Waals surface area contributed by atoms with E-state index in [4.69, 9.17) is 16.7 Å². The topological polar surface area (TPSA) is 17.3 Å². The second kappa shape index (κ2) is 6.22. The van der Waals surface area contributed by atoms with Crippen LogP contribution < -0.4 is 0 Å². The van der Waals surface area contributed by atoms with Crippen molar-refractivity contribution in [2.45, 2.75) is 0 Å². The van der Waals surface area contributed by atoms with Crippen molar-refractivity contribution in [1.82, 2.24) is 9.61 Å². The molecule has 0 radical (unpaired) electrons. The molecule has 0 atom stereocenters. The highest BCUT2D eigenvalue weighted by atomic mass is 35.5. The van der Waals surface area contributed by atoms with Gasteiger partial charge in [0.2, 0.25) is 0 Å². The standard InChI is InChI=1S/C23H14ClFN2/c24-18-9-6-15(7-10-18)21-14-23-20-13-19(25)11-8-17(20)12-22(27(23)26-21)16-4-2-1-3-5-16/h1-14H. The average Bonchev–Trinajstić information content (AvgIpc) is 3.14. The molecule has 0 amide bonds. The number of hydrogen-bond acceptors (Lipinski definition) is 1. The van der Waals surface area contributed by atoms with Crippen molar-refractivity contribution >= 4 is 27.9 Å². The lowest BCUT2D eigenvalue weighted by Gasteiger charge is -2.09. The van der Waals surface area contributed by atoms with Crippen LogP contribution in [0.25, 0.3) is 38.8 Å². The maximum atomic E-state index is 13.9. The fraction of sp³-hybridized carbons (Fsp3) is 0. The molecule has 2 nitrogen and oxygen atoms in total. The first-order chi connectivity index (χ1) is 13.2. The van der Waals surface area contributed by atoms with Crippen molar-refractivity contribution in [2.75, 3.05) is 0 Å². The van der Waals surface area contributed by atoms with Crippen molar-refractivity contribution in [3.8, 4) is 22.5 Å². The SMILES string of the molecule is Fc1ccc2cc(-c3ccccc3)n3nc(-c4ccc(Cl)cc4)cc3c2c1. The van der Waals surface area contributed by atoms with Crippen LogP contribution in [0.5, 0.6) is 0 Å². The fourth-order valence-electron chi connectivity index (χ4n) is 3.42. The Morgan fingerprint density at radius 2 is 1.56 bits per heavy atom. The van der Waals surface area contributed by atoms with Crippen LogP contribution in [0.4, 0.5) is 4.39 Å². The van der Waals surface area contributed by atoms with E-state index < -0.39 is 0 Å². The van der Waals surface area contributed by atoms with Crippen LogP contribution in [0.15, 0.2) is 84.9 Å². The Hall–Kier alpha value is -3.17. The van der Waals surface area contributed by atoms with Crippen LogP contribution in [0.2, 0.25) is 5.02 Å². The molecule has 0 aliphatic rings. The quantitative estimate of drug-likeness (QED) is 0.340. The van der Waals surface area contributed by atoms with Gasteiger partial charge in [0.15, 0.2) is 0 Å². The Balaban J connectivity index is 1.86. The third kappa shape index (κ3) is 2.77. The van der Waals surface area contributed by atoms with E-state index in [2.05, 4.69) is 6.07 Å². The zero-order chi connectivity index (χ0) is 18.4. The van der Waals surface area contributed by atoms with Crippen LogP contribution in [-0.2, 0) is 0 Å². The van der Waals surface area contributed by atoms with Crippen molar-refractivity contribution in [1.29, 1.82) is 0 Å². The molecule has 5 aromatic rings. The number of halogens is 2. The number of fused-ring (bicyclic) bond motifs is 3. The molecule has 3 aromatic carbocycles. The molecule has 5 rings (SSSR count). The molecule has 0 spiro atoms. The van der Waals surface area contributed by atoms with E-state index in [1.54, 1.807) is 6.07 Å². The number of aromatic nitrogens is 2. The molecule has 0 saturated carbocycles. The van der Waals surface area contributed by atoms with E-state index in [9.17, 15) is 4.39 Å². The van der Waals surface area contributed by atoms with Crippen LogP contribution >= 0.6 is 11.6 Å². The minimum Gasteiger partial charge on any atom is -0.232 e. The fourth-order valence-corrected chi connectivity index (χ4v) is 3.54. The largest absolute Gasteiger partial charge is 0.232 e. The summed E-state index contributed by atoms with van der Waals surface area (Å²) in [5.74, 6) is -0.258. The van der Waals surface area contributed by atoms with Crippen molar-refractivity contribution < 1.29 is 4.39 Å². The van der Waals surface area contributed by atoms with Gasteiger partial charge in [0, 0.05) is 21.5 Å². The first-order valence-corrected chi connectivity index (χ1v) is 9.00. The van der Waals surface area contributed by atoms with Gasteiger partial charge in [0.1, 0.15) is 5.82 Å². The maximum absolute atomic E-state index is 13.9. The maximum Gasteiger partial charge on any atom is 0.123 e. The average molecular weight is 373 g/mol. The van der Waals surface area contributed by atoms with E-state index in [1.807, 2.05) is 71.2 Å². The van der Waals surface area contributed by atoms with Gasteiger partial charge in [-0.3, -0.25) is 0 Å². The Morgan fingerprint density at radius 1 is 0.778 bits per heavy atom. The Labute approximate surface area is 160 Å². The van der Waals surface area contributed by atoms with Crippen molar-refractivity contribution in [3.63, 3.8) is 0 Å². The molecule has 2 aromatic heterocycles. The zero-order valence-corrected chi connectivity index (χ0v) is 15.0. The number of nitrogens with zero attached hydrogens (tertiary/aromatic N) is 2. The molecule has 2 heterocycles. The van der Waals surface area contributed by atoms with E-state index >= 15 is 0 Å². The summed E-state index contributed by atoms with van der Waals surface area (Å²) in [5.41, 5.74) is 4.67. The minimum absolute atomic E-state index is 0.258. The minimum atomic E-state index is -0.258. The van der Waals surface area contributed by atoms with Gasteiger partial charge in [0.25, 0.3) is 0 Å². The predicted octanol–water partition coefficient (Wildman–Crippen LogP) is 6.61. The zero-order valence-electron chi connectivity index (χ0n) is 14.2. The van der Waals surface area contributed by atoms with Gasteiger partial charge in [-0.25, -0.2) is 8.91 Å². The summed E-state index contributed by atoms with van der Waals surface area (Å²) in [5, 5.41) is 7.31. The summed E-state index contributed by atoms with van der Waals surface area (Å²) in [7, 11) is 0. The summed E-state index contributed by atoms with van der Waals surface area (Å²) < 4.78 is 15.8. The predicted molar refractivity (Wildman–Crippen MR) is 109 cm³/mol. The molecule has 0 N–H and O–H groups in total. The normalized spacial score (nSPS) is 11.3. The molecule has 0 unspecified atom stereocenters. The lowest BCUT2D eigenvalue weighted by molar-refractivity contribution is 0.630. The third-order valence-electron chi connectivity index (χ3n) is 4.73. The Morgan fingerprint density at radius 3 is 2.33 bits per heavy atom. The van der Waals surface area contributed by atoms with Gasteiger partial charge in [-0.2, -0.15) is 5.10 Å². The number of rotatable bonds is 2. The van der Waals surface area contributed by atoms with Gasteiger partial charge in [-0.05, 0) is 41.8 Å². The lowest BCUT2D eigenvalue weighted by Crippen LogP contribution is -1.95. The molecule has 130 valence electrons. The third-order valence-corrected chi connectivity index (χ3v) is 4.98. The van der Waals surface area contributed by atoms with Gasteiger partial charge < -0.3 is 0 Å². The number of hydrogen-bond donors (Lipinski definition) is 0. The molecular formula is C23H14ClFN2. The number of pyridine rings is 1. The Bertz CT molecular complexity index is 1280. The van der Waals surface area contributed by atoms with Gasteiger partial charge in [-0.1, -0.05) is 60.1 Å². The summed E-state index contributed by atoms with van der Waals surface area (Å²) >= 11 is 6.01. The summed E-state index contributed by atoms with van der Waals surface area (Å²) in [6.07, 6.45) is 0. The molecular weight excluding hydrogens is 359 g/mol. The van der Waals surface area contributed by atoms with Crippen LogP contribution in [0, 0.1) is 5.82 Å². The summed E-state index contributed by atoms with van der Waals surface area (Å²) in [6.45, 7) is 0. The van der Waals surface area contributed by atoms with Crippen LogP contribution in [0.3, 0.4) is 0 Å². The first kappa shape index (κ1) is 16.0. The first-order valence-electron chi connectivity index (χ1n) is 8.62. The summed E-state index contributed by atoms with van der Waals surface area (Å²) in [6, 6.07) is 26.6. The Kier molecular flexibility index (Phi) is 3.69. The lowest BCUT2D eigenvalue weighted by atomic mass is 10.1. The smallest absolute Gasteiger partial charge is 0.123 e. The molecule has 0 bridgehead atoms. The van der Waals surface area contributed by atoms with E-state index in [1.165, 1.54) is 6.07 Å². The molecule has 4 heteroatoms. The highest BCUT2D eigenvalue weighted by Crippen LogP contribution is 2.32. The highest BCUT2D eigenvalue weighted by molar-refractivity contribution is 6.30. The number of benzene rings is 3. The molecule has 0 aliphatic heterocycles. The highest BCUT2D eigenvalue weighted by Gasteiger charge is 2.13. The van der Waals surface area contributed by atoms with E-state index in [0.717, 1.165) is 38.8 Å². The van der Waals surface area contributed by atoms with Crippen LogP contribution in [0.1, 0.15) is 0 Å². The van der Waals surface area contributed by atoms with Gasteiger partial charge in [0.05, 0.1) is 16.9 Å². The van der Waals surface area contributed by atoms with Gasteiger partial charge in [-0.15, -0.1) is 0 Å². The van der Waals surface area contributed by atoms with E-state index in [-0.39, 0.29) is 5.82 Å². The second-order valence-electron chi connectivity index (χ2n) is 6.46. The molecule has 27 heavy (non-hydrogen) atoms. The molecule has 0 fully saturated rings. The van der Waals surface area contributed by atoms with Crippen LogP contribution in [-0.4, -0.2) is 9.61 Å². The van der Waals surface area contributed by atoms with E-state index in [0.29, 0.717) is 5.02 Å². The second-order valence-corrected chi connectivity index (χ2v) is 6.90. The molecule has 0 aliphatic carbocycles. The molecule has 0 saturated heterocycles. The monoisotopic (exact) mass is 372 g/mol. The van der Waals surface area contributed by atoms with Gasteiger partial charge >= 0.3 is 0 Å². The van der Waals surface area contributed by atoms with Crippen molar-refractivity contribution in [2.24, 2.45) is 0 Å². The summed E-state index contributed by atoms with van der Waals surface area (Å²) in [4.78, 5) is 0. The van der Waals surface area contributed by atoms with Crippen molar-refractivity contribution in [3.05, 3.63) is 95.8 Å².